The number of hydrogen-bond donors (Lipinski definition) is 0. The third kappa shape index (κ3) is 6.19. The van der Waals surface area contributed by atoms with E-state index >= 15 is 0 Å². The molecule has 2 aromatic carbocycles. The maximum absolute atomic E-state index is 12.0. The molecule has 12 heteroatoms. The van der Waals surface area contributed by atoms with E-state index in [4.69, 9.17) is 19.6 Å². The number of ether oxygens (including phenoxy) is 2. The summed E-state index contributed by atoms with van der Waals surface area (Å²) >= 11 is 3.51. The summed E-state index contributed by atoms with van der Waals surface area (Å²) in [4.78, 5) is 28.8. The van der Waals surface area contributed by atoms with Gasteiger partial charge < -0.3 is 18.9 Å². The molecule has 44 heavy (non-hydrogen) atoms. The Balaban J connectivity index is 1.53. The Morgan fingerprint density at radius 1 is 1.14 bits per heavy atom. The number of carbonyl (C=O) groups excluding carboxylic acids is 1. The first-order valence-corrected chi connectivity index (χ1v) is 16.3. The highest BCUT2D eigenvalue weighted by Crippen LogP contribution is 2.41. The van der Waals surface area contributed by atoms with Gasteiger partial charge in [-0.2, -0.15) is 16.9 Å². The number of thiophene rings is 1. The van der Waals surface area contributed by atoms with Crippen LogP contribution >= 0.6 is 23.1 Å². The van der Waals surface area contributed by atoms with Gasteiger partial charge in [0.15, 0.2) is 0 Å². The highest BCUT2D eigenvalue weighted by Gasteiger charge is 2.19. The molecule has 226 valence electrons. The maximum Gasteiger partial charge on any atom is 0.307 e. The molecule has 0 N–H and O–H groups in total. The van der Waals surface area contributed by atoms with Crippen LogP contribution in [0.2, 0.25) is 0 Å². The average Bonchev–Trinajstić information content (AvgIpc) is 3.75. The van der Waals surface area contributed by atoms with Gasteiger partial charge in [0.2, 0.25) is 0 Å². The topological polar surface area (TPSA) is 99.7 Å². The molecule has 4 heterocycles. The molecule has 0 aliphatic heterocycles. The lowest BCUT2D eigenvalue weighted by Crippen LogP contribution is -2.07. The van der Waals surface area contributed by atoms with Gasteiger partial charge in [-0.1, -0.05) is 18.2 Å². The molecule has 0 saturated carbocycles. The molecule has 0 aliphatic carbocycles. The van der Waals surface area contributed by atoms with Gasteiger partial charge in [0.05, 0.1) is 49.9 Å². The van der Waals surface area contributed by atoms with Crippen LogP contribution in [0, 0.1) is 0 Å². The van der Waals surface area contributed by atoms with Crippen molar-refractivity contribution in [2.24, 2.45) is 4.99 Å². The number of methoxy groups -OCH3 is 1. The second-order valence-electron chi connectivity index (χ2n) is 10.5. The summed E-state index contributed by atoms with van der Waals surface area (Å²) in [6.07, 6.45) is 9.68. The predicted octanol–water partition coefficient (Wildman–Crippen LogP) is 6.45. The highest BCUT2D eigenvalue weighted by atomic mass is 32.2. The fraction of sp³-hybridized carbons (Fsp3) is 0.281. The number of esters is 1. The summed E-state index contributed by atoms with van der Waals surface area (Å²) < 4.78 is 16.0. The Labute approximate surface area is 263 Å². The molecular formula is C32H33N7O3S2. The molecule has 0 bridgehead atoms. The summed E-state index contributed by atoms with van der Waals surface area (Å²) in [5.74, 6) is 1.01. The molecule has 0 fully saturated rings. The van der Waals surface area contributed by atoms with Crippen molar-refractivity contribution < 1.29 is 14.3 Å². The zero-order valence-electron chi connectivity index (χ0n) is 25.1. The van der Waals surface area contributed by atoms with Crippen molar-refractivity contribution in [3.63, 3.8) is 0 Å². The van der Waals surface area contributed by atoms with Crippen LogP contribution in [0.5, 0.6) is 0 Å². The molecule has 0 unspecified atom stereocenters. The summed E-state index contributed by atoms with van der Waals surface area (Å²) in [6.45, 7) is 1.46. The smallest absolute Gasteiger partial charge is 0.307 e. The molecule has 6 rings (SSSR count). The van der Waals surface area contributed by atoms with Crippen LogP contribution in [0.3, 0.4) is 0 Å². The van der Waals surface area contributed by atoms with E-state index in [-0.39, 0.29) is 12.4 Å². The van der Waals surface area contributed by atoms with Crippen LogP contribution in [0.4, 0.5) is 5.95 Å². The Morgan fingerprint density at radius 3 is 2.80 bits per heavy atom. The molecule has 6 aromatic rings. The van der Waals surface area contributed by atoms with Crippen LogP contribution in [0.15, 0.2) is 66.0 Å². The summed E-state index contributed by atoms with van der Waals surface area (Å²) in [5.41, 5.74) is 5.56. The Bertz CT molecular complexity index is 1940. The van der Waals surface area contributed by atoms with E-state index in [1.807, 2.05) is 40.6 Å². The van der Waals surface area contributed by atoms with Crippen LogP contribution in [-0.2, 0) is 27.5 Å². The standard InChI is InChI=1S/C32H33N7O3S2/c1-37(2)19-34-32-33-17-26-30(36-32)25(18-38(26)10-9-29(40)41-3)22-13-23-16-35-39(20-42-11-12-43-4)31(23)24(14-22)28-15-21-7-5-6-8-27(21)44-28/h5-8,13-19H,9-12,20H2,1-4H3. The number of aromatic nitrogens is 5. The van der Waals surface area contributed by atoms with Crippen molar-refractivity contribution in [2.45, 2.75) is 19.7 Å². The summed E-state index contributed by atoms with van der Waals surface area (Å²) in [7, 11) is 5.20. The number of aliphatic imine (C=N–C) groups is 1. The van der Waals surface area contributed by atoms with Crippen molar-refractivity contribution in [3.8, 4) is 21.6 Å². The van der Waals surface area contributed by atoms with Crippen molar-refractivity contribution in [2.75, 3.05) is 39.8 Å². The molecular weight excluding hydrogens is 595 g/mol. The first kappa shape index (κ1) is 29.8. The van der Waals surface area contributed by atoms with E-state index in [9.17, 15) is 4.79 Å². The average molecular weight is 628 g/mol. The fourth-order valence-corrected chi connectivity index (χ4v) is 6.45. The lowest BCUT2D eigenvalue weighted by atomic mass is 10.0. The second-order valence-corrected chi connectivity index (χ2v) is 12.5. The summed E-state index contributed by atoms with van der Waals surface area (Å²) in [6, 6.07) is 15.0. The number of benzene rings is 2. The van der Waals surface area contributed by atoms with Gasteiger partial charge >= 0.3 is 5.97 Å². The number of rotatable bonds is 12. The number of thioether (sulfide) groups is 1. The molecule has 0 saturated heterocycles. The van der Waals surface area contributed by atoms with E-state index in [2.05, 4.69) is 58.7 Å². The van der Waals surface area contributed by atoms with E-state index < -0.39 is 0 Å². The van der Waals surface area contributed by atoms with Crippen LogP contribution < -0.4 is 0 Å². The van der Waals surface area contributed by atoms with Gasteiger partial charge in [0, 0.05) is 58.7 Å². The van der Waals surface area contributed by atoms with Crippen molar-refractivity contribution in [1.82, 2.24) is 29.2 Å². The minimum absolute atomic E-state index is 0.232. The monoisotopic (exact) mass is 627 g/mol. The minimum atomic E-state index is -0.276. The number of carbonyl (C=O) groups is 1. The lowest BCUT2D eigenvalue weighted by molar-refractivity contribution is -0.140. The Kier molecular flexibility index (Phi) is 8.91. The SMILES string of the molecule is COC(=O)CCn1cc(-c2cc(-c3cc4ccccc4s3)c3c(cnn3COCCSC)c2)c2nc(N=CN(C)C)ncc21. The molecule has 0 radical (unpaired) electrons. The zero-order chi connectivity index (χ0) is 30.6. The maximum atomic E-state index is 12.0. The zero-order valence-corrected chi connectivity index (χ0v) is 26.7. The largest absolute Gasteiger partial charge is 0.469 e. The number of hydrogen-bond acceptors (Lipinski definition) is 9. The van der Waals surface area contributed by atoms with E-state index in [0.29, 0.717) is 25.8 Å². The van der Waals surface area contributed by atoms with Gasteiger partial charge in [-0.25, -0.2) is 19.6 Å². The normalized spacial score (nSPS) is 11.8. The van der Waals surface area contributed by atoms with Crippen LogP contribution in [0.1, 0.15) is 6.42 Å². The number of aryl methyl sites for hydroxylation is 1. The summed E-state index contributed by atoms with van der Waals surface area (Å²) in [5, 5.41) is 6.93. The minimum Gasteiger partial charge on any atom is -0.469 e. The number of fused-ring (bicyclic) bond motifs is 3. The quantitative estimate of drug-likeness (QED) is 0.0661. The first-order chi connectivity index (χ1) is 21.4. The van der Waals surface area contributed by atoms with Gasteiger partial charge in [-0.3, -0.25) is 4.79 Å². The fourth-order valence-electron chi connectivity index (χ4n) is 5.08. The van der Waals surface area contributed by atoms with Gasteiger partial charge in [-0.05, 0) is 41.5 Å². The number of nitrogens with zero attached hydrogens (tertiary/aromatic N) is 7. The third-order valence-electron chi connectivity index (χ3n) is 7.18. The van der Waals surface area contributed by atoms with E-state index in [1.165, 1.54) is 17.2 Å². The molecule has 0 aliphatic rings. The Hall–Kier alpha value is -4.26. The molecule has 4 aromatic heterocycles. The van der Waals surface area contributed by atoms with E-state index in [1.54, 1.807) is 35.6 Å². The second kappa shape index (κ2) is 13.2. The lowest BCUT2D eigenvalue weighted by Gasteiger charge is -2.10. The Morgan fingerprint density at radius 2 is 2.00 bits per heavy atom. The molecule has 0 amide bonds. The molecule has 10 nitrogen and oxygen atoms in total. The van der Waals surface area contributed by atoms with Gasteiger partial charge in [-0.15, -0.1) is 11.3 Å². The van der Waals surface area contributed by atoms with E-state index in [0.717, 1.165) is 49.3 Å². The van der Waals surface area contributed by atoms with Gasteiger partial charge in [0.25, 0.3) is 5.95 Å². The van der Waals surface area contributed by atoms with Crippen LogP contribution in [-0.4, -0.2) is 81.3 Å². The van der Waals surface area contributed by atoms with Crippen LogP contribution in [0.25, 0.3) is 53.6 Å². The van der Waals surface area contributed by atoms with Gasteiger partial charge in [0.1, 0.15) is 12.2 Å². The van der Waals surface area contributed by atoms with Crippen molar-refractivity contribution >= 4 is 73.4 Å². The van der Waals surface area contributed by atoms with Crippen molar-refractivity contribution in [1.29, 1.82) is 0 Å². The highest BCUT2D eigenvalue weighted by molar-refractivity contribution is 7.98. The predicted molar refractivity (Wildman–Crippen MR) is 180 cm³/mol. The molecule has 0 atom stereocenters. The van der Waals surface area contributed by atoms with Crippen molar-refractivity contribution in [3.05, 3.63) is 61.1 Å². The molecule has 0 spiro atoms. The third-order valence-corrected chi connectivity index (χ3v) is 8.90. The first-order valence-electron chi connectivity index (χ1n) is 14.1.